The van der Waals surface area contributed by atoms with Crippen molar-refractivity contribution in [2.24, 2.45) is 0 Å². The molecule has 3 rings (SSSR count). The number of hydrogen-bond donors (Lipinski definition) is 2. The largest absolute Gasteiger partial charge is 0.475 e. The Morgan fingerprint density at radius 2 is 2.11 bits per heavy atom. The molecule has 1 unspecified atom stereocenters. The van der Waals surface area contributed by atoms with Crippen LogP contribution in [0.2, 0.25) is 5.02 Å². The predicted octanol–water partition coefficient (Wildman–Crippen LogP) is 3.36. The highest BCUT2D eigenvalue weighted by Gasteiger charge is 2.22. The van der Waals surface area contributed by atoms with Gasteiger partial charge in [-0.25, -0.2) is 4.98 Å². The van der Waals surface area contributed by atoms with Crippen LogP contribution in [0.4, 0.5) is 17.5 Å². The van der Waals surface area contributed by atoms with Crippen molar-refractivity contribution in [1.82, 2.24) is 19.7 Å². The van der Waals surface area contributed by atoms with Gasteiger partial charge >= 0.3 is 0 Å². The zero-order valence-electron chi connectivity index (χ0n) is 16.7. The molecule has 0 saturated carbocycles. The summed E-state index contributed by atoms with van der Waals surface area (Å²) in [6, 6.07) is 0.130. The Labute approximate surface area is 169 Å². The normalized spacial score (nSPS) is 16.6. The molecule has 0 fully saturated rings. The average molecular weight is 411 g/mol. The van der Waals surface area contributed by atoms with Gasteiger partial charge in [-0.1, -0.05) is 11.6 Å². The Morgan fingerprint density at radius 3 is 2.82 bits per heavy atom. The Bertz CT molecular complexity index is 794. The van der Waals surface area contributed by atoms with Crippen molar-refractivity contribution in [2.75, 3.05) is 30.5 Å². The molecule has 0 saturated heterocycles. The first-order valence-corrected chi connectivity index (χ1v) is 9.89. The number of anilines is 3. The molecular formula is C18H27ClN6O3. The van der Waals surface area contributed by atoms with E-state index in [0.29, 0.717) is 49.0 Å². The molecule has 1 aliphatic heterocycles. The maximum Gasteiger partial charge on any atom is 0.257 e. The molecule has 3 heterocycles. The highest BCUT2D eigenvalue weighted by molar-refractivity contribution is 6.32. The third kappa shape index (κ3) is 4.84. The SMILES string of the molecule is CCOC(Cn1nc2c(c1C)Nc1ncc(Cl)c(n1)NC(C)CCO2)OCC. The van der Waals surface area contributed by atoms with Gasteiger partial charge in [0.1, 0.15) is 10.7 Å². The van der Waals surface area contributed by atoms with Gasteiger partial charge in [-0.2, -0.15) is 4.98 Å². The molecule has 0 aromatic carbocycles. The number of halogens is 1. The highest BCUT2D eigenvalue weighted by atomic mass is 35.5. The van der Waals surface area contributed by atoms with E-state index in [2.05, 4.69) is 25.7 Å². The number of rotatable bonds is 6. The van der Waals surface area contributed by atoms with Crippen LogP contribution < -0.4 is 15.4 Å². The van der Waals surface area contributed by atoms with Crippen molar-refractivity contribution in [2.45, 2.75) is 53.0 Å². The van der Waals surface area contributed by atoms with Gasteiger partial charge in [0.15, 0.2) is 12.1 Å². The number of ether oxygens (including phenoxy) is 3. The van der Waals surface area contributed by atoms with E-state index in [0.717, 1.165) is 17.8 Å². The summed E-state index contributed by atoms with van der Waals surface area (Å²) in [4.78, 5) is 8.76. The van der Waals surface area contributed by atoms with Crippen LogP contribution in [0, 0.1) is 6.92 Å². The maximum atomic E-state index is 6.22. The van der Waals surface area contributed by atoms with Crippen molar-refractivity contribution in [3.8, 4) is 5.88 Å². The minimum atomic E-state index is -0.379. The third-order valence-electron chi connectivity index (χ3n) is 4.36. The Morgan fingerprint density at radius 1 is 1.36 bits per heavy atom. The Kier molecular flexibility index (Phi) is 6.93. The zero-order valence-corrected chi connectivity index (χ0v) is 17.4. The molecule has 28 heavy (non-hydrogen) atoms. The molecule has 154 valence electrons. The maximum absolute atomic E-state index is 6.22. The second-order valence-corrected chi connectivity index (χ2v) is 6.89. The Hall–Kier alpha value is -2.10. The fourth-order valence-electron chi connectivity index (χ4n) is 2.89. The first-order chi connectivity index (χ1) is 13.5. The van der Waals surface area contributed by atoms with Crippen LogP contribution in [0.15, 0.2) is 6.20 Å². The van der Waals surface area contributed by atoms with Gasteiger partial charge in [0.05, 0.1) is 25.0 Å². The van der Waals surface area contributed by atoms with E-state index < -0.39 is 0 Å². The lowest BCUT2D eigenvalue weighted by Gasteiger charge is -2.17. The van der Waals surface area contributed by atoms with Crippen molar-refractivity contribution in [3.05, 3.63) is 16.9 Å². The molecule has 2 aromatic heterocycles. The summed E-state index contributed by atoms with van der Waals surface area (Å²) in [5.41, 5.74) is 1.59. The molecule has 10 heteroatoms. The standard InChI is InChI=1S/C18H27ClN6O3/c1-5-26-14(27-6-2)10-25-12(4)15-17(24-25)28-8-7-11(3)21-16-13(19)9-20-18(22-15)23-16/h9,11,14H,5-8,10H2,1-4H3,(H2,20,21,22,23). The zero-order chi connectivity index (χ0) is 20.1. The van der Waals surface area contributed by atoms with Gasteiger partial charge in [0.2, 0.25) is 5.95 Å². The van der Waals surface area contributed by atoms with Crippen LogP contribution >= 0.6 is 11.6 Å². The smallest absolute Gasteiger partial charge is 0.257 e. The van der Waals surface area contributed by atoms with Gasteiger partial charge in [0, 0.05) is 25.7 Å². The summed E-state index contributed by atoms with van der Waals surface area (Å²) in [5.74, 6) is 1.51. The topological polar surface area (TPSA) is 95.4 Å². The number of nitrogens with zero attached hydrogens (tertiary/aromatic N) is 4. The van der Waals surface area contributed by atoms with E-state index in [1.807, 2.05) is 32.4 Å². The van der Waals surface area contributed by atoms with E-state index in [1.54, 1.807) is 6.20 Å². The molecule has 9 nitrogen and oxygen atoms in total. The predicted molar refractivity (Wildman–Crippen MR) is 108 cm³/mol. The highest BCUT2D eigenvalue weighted by Crippen LogP contribution is 2.32. The quantitative estimate of drug-likeness (QED) is 0.700. The molecule has 2 bridgehead atoms. The minimum Gasteiger partial charge on any atom is -0.475 e. The fourth-order valence-corrected chi connectivity index (χ4v) is 3.03. The van der Waals surface area contributed by atoms with Crippen LogP contribution in [0.3, 0.4) is 0 Å². The summed E-state index contributed by atoms with van der Waals surface area (Å²) in [7, 11) is 0. The molecule has 0 aliphatic carbocycles. The minimum absolute atomic E-state index is 0.130. The van der Waals surface area contributed by atoms with Gasteiger partial charge < -0.3 is 24.8 Å². The fraction of sp³-hybridized carbons (Fsp3) is 0.611. The van der Waals surface area contributed by atoms with E-state index in [1.165, 1.54) is 0 Å². The number of hydrogen-bond acceptors (Lipinski definition) is 8. The Balaban J connectivity index is 1.92. The van der Waals surface area contributed by atoms with Crippen molar-refractivity contribution >= 4 is 29.1 Å². The first kappa shape index (κ1) is 20.6. The molecule has 1 atom stereocenters. The second kappa shape index (κ2) is 9.40. The molecular weight excluding hydrogens is 384 g/mol. The molecule has 0 amide bonds. The van der Waals surface area contributed by atoms with Crippen molar-refractivity contribution < 1.29 is 14.2 Å². The van der Waals surface area contributed by atoms with Crippen LogP contribution in [-0.4, -0.2) is 51.9 Å². The summed E-state index contributed by atoms with van der Waals surface area (Å²) in [5, 5.41) is 11.6. The number of nitrogens with one attached hydrogen (secondary N) is 2. The number of aromatic nitrogens is 4. The van der Waals surface area contributed by atoms with Gasteiger partial charge in [-0.05, 0) is 27.7 Å². The second-order valence-electron chi connectivity index (χ2n) is 6.49. The summed E-state index contributed by atoms with van der Waals surface area (Å²) in [6.07, 6.45) is 1.96. The van der Waals surface area contributed by atoms with E-state index in [9.17, 15) is 0 Å². The lowest BCUT2D eigenvalue weighted by Crippen LogP contribution is -2.25. The lowest BCUT2D eigenvalue weighted by atomic mass is 10.2. The third-order valence-corrected chi connectivity index (χ3v) is 4.63. The van der Waals surface area contributed by atoms with Crippen molar-refractivity contribution in [1.29, 1.82) is 0 Å². The van der Waals surface area contributed by atoms with Gasteiger partial charge in [-0.3, -0.25) is 4.68 Å². The molecule has 2 N–H and O–H groups in total. The molecule has 0 radical (unpaired) electrons. The molecule has 0 spiro atoms. The average Bonchev–Trinajstić information content (AvgIpc) is 2.92. The first-order valence-electron chi connectivity index (χ1n) is 9.51. The summed E-state index contributed by atoms with van der Waals surface area (Å²) in [6.45, 7) is 9.95. The summed E-state index contributed by atoms with van der Waals surface area (Å²) >= 11 is 6.22. The molecule has 2 aromatic rings. The van der Waals surface area contributed by atoms with E-state index in [4.69, 9.17) is 25.8 Å². The number of fused-ring (bicyclic) bond motifs is 3. The van der Waals surface area contributed by atoms with Crippen LogP contribution in [-0.2, 0) is 16.0 Å². The van der Waals surface area contributed by atoms with Crippen LogP contribution in [0.5, 0.6) is 5.88 Å². The van der Waals surface area contributed by atoms with E-state index in [-0.39, 0.29) is 12.3 Å². The van der Waals surface area contributed by atoms with Crippen LogP contribution in [0.25, 0.3) is 0 Å². The van der Waals surface area contributed by atoms with Crippen molar-refractivity contribution in [3.63, 3.8) is 0 Å². The van der Waals surface area contributed by atoms with Gasteiger partial charge in [0.25, 0.3) is 5.88 Å². The summed E-state index contributed by atoms with van der Waals surface area (Å²) < 4.78 is 19.1. The lowest BCUT2D eigenvalue weighted by molar-refractivity contribution is -0.145. The van der Waals surface area contributed by atoms with E-state index >= 15 is 0 Å². The molecule has 1 aliphatic rings. The van der Waals surface area contributed by atoms with Gasteiger partial charge in [-0.15, -0.1) is 5.10 Å². The monoisotopic (exact) mass is 410 g/mol. The van der Waals surface area contributed by atoms with Crippen LogP contribution in [0.1, 0.15) is 32.9 Å².